The van der Waals surface area contributed by atoms with Crippen molar-refractivity contribution in [1.29, 1.82) is 0 Å². The van der Waals surface area contributed by atoms with Crippen molar-refractivity contribution in [2.24, 2.45) is 7.05 Å². The lowest BCUT2D eigenvalue weighted by Gasteiger charge is -2.26. The molecule has 0 bridgehead atoms. The molecule has 0 spiro atoms. The standard InChI is InChI=1S/C24H27ClN4O5/c1-16-4-3-5-19(14-16)34-23-26-21-20(29(23)15-17-6-8-18(25)9-7-17)22(31)28(24(32)27(21)2)10-12-33-13-11-30/h3-9,14,23,26,30H,10-13,15H2,1-2H3. The lowest BCUT2D eigenvalue weighted by atomic mass is 10.2. The van der Waals surface area contributed by atoms with E-state index in [1.165, 1.54) is 4.57 Å². The van der Waals surface area contributed by atoms with E-state index >= 15 is 0 Å². The van der Waals surface area contributed by atoms with Crippen LogP contribution in [0.2, 0.25) is 5.02 Å². The van der Waals surface area contributed by atoms with E-state index in [1.54, 1.807) is 24.1 Å². The first-order valence-corrected chi connectivity index (χ1v) is 11.3. The zero-order chi connectivity index (χ0) is 24.2. The predicted octanol–water partition coefficient (Wildman–Crippen LogP) is 2.31. The third-order valence-electron chi connectivity index (χ3n) is 5.55. The Balaban J connectivity index is 1.74. The summed E-state index contributed by atoms with van der Waals surface area (Å²) < 4.78 is 14.0. The Morgan fingerprint density at radius 3 is 2.59 bits per heavy atom. The topological polar surface area (TPSA) is 98.0 Å². The molecule has 180 valence electrons. The van der Waals surface area contributed by atoms with Gasteiger partial charge in [-0.15, -0.1) is 0 Å². The van der Waals surface area contributed by atoms with Crippen LogP contribution in [0.25, 0.3) is 0 Å². The number of anilines is 2. The molecule has 34 heavy (non-hydrogen) atoms. The molecule has 0 saturated heterocycles. The number of ether oxygens (including phenoxy) is 2. The molecule has 1 unspecified atom stereocenters. The summed E-state index contributed by atoms with van der Waals surface area (Å²) in [6.45, 7) is 2.52. The SMILES string of the molecule is Cc1cccc(OC2Nc3c(c(=O)n(CCOCCO)c(=O)n3C)N2Cc2ccc(Cl)cc2)c1. The third kappa shape index (κ3) is 4.96. The van der Waals surface area contributed by atoms with Crippen LogP contribution in [-0.4, -0.2) is 40.4 Å². The van der Waals surface area contributed by atoms with Gasteiger partial charge < -0.3 is 24.8 Å². The van der Waals surface area contributed by atoms with Gasteiger partial charge in [-0.2, -0.15) is 0 Å². The second-order valence-corrected chi connectivity index (χ2v) is 8.45. The monoisotopic (exact) mass is 486 g/mol. The van der Waals surface area contributed by atoms with Gasteiger partial charge in [0.1, 0.15) is 17.3 Å². The highest BCUT2D eigenvalue weighted by Gasteiger charge is 2.36. The average molecular weight is 487 g/mol. The first kappa shape index (κ1) is 23.9. The summed E-state index contributed by atoms with van der Waals surface area (Å²) >= 11 is 6.05. The number of aryl methyl sites for hydroxylation is 1. The second kappa shape index (κ2) is 10.3. The van der Waals surface area contributed by atoms with Gasteiger partial charge in [0.15, 0.2) is 0 Å². The minimum absolute atomic E-state index is 0.0664. The highest BCUT2D eigenvalue weighted by atomic mass is 35.5. The van der Waals surface area contributed by atoms with E-state index in [4.69, 9.17) is 26.2 Å². The van der Waals surface area contributed by atoms with Gasteiger partial charge in [0.2, 0.25) is 0 Å². The molecule has 4 rings (SSSR count). The fourth-order valence-electron chi connectivity index (χ4n) is 3.87. The Morgan fingerprint density at radius 1 is 1.12 bits per heavy atom. The molecule has 1 aliphatic heterocycles. The molecule has 0 amide bonds. The second-order valence-electron chi connectivity index (χ2n) is 8.02. The fraction of sp³-hybridized carbons (Fsp3) is 0.333. The zero-order valence-electron chi connectivity index (χ0n) is 19.0. The fourth-order valence-corrected chi connectivity index (χ4v) is 3.99. The number of hydrogen-bond donors (Lipinski definition) is 2. The largest absolute Gasteiger partial charge is 0.452 e. The van der Waals surface area contributed by atoms with Gasteiger partial charge in [-0.3, -0.25) is 13.9 Å². The van der Waals surface area contributed by atoms with E-state index in [1.807, 2.05) is 43.3 Å². The van der Waals surface area contributed by atoms with E-state index in [0.29, 0.717) is 28.8 Å². The summed E-state index contributed by atoms with van der Waals surface area (Å²) in [7, 11) is 1.61. The van der Waals surface area contributed by atoms with Crippen molar-refractivity contribution in [2.45, 2.75) is 26.4 Å². The summed E-state index contributed by atoms with van der Waals surface area (Å²) in [5, 5.41) is 12.7. The number of benzene rings is 2. The van der Waals surface area contributed by atoms with E-state index in [9.17, 15) is 9.59 Å². The van der Waals surface area contributed by atoms with Crippen LogP contribution in [0.5, 0.6) is 5.75 Å². The Morgan fingerprint density at radius 2 is 1.88 bits per heavy atom. The van der Waals surface area contributed by atoms with E-state index in [0.717, 1.165) is 15.7 Å². The van der Waals surface area contributed by atoms with Crippen molar-refractivity contribution in [3.05, 3.63) is 85.5 Å². The molecule has 2 N–H and O–H groups in total. The Hall–Kier alpha value is -3.27. The molecule has 0 radical (unpaired) electrons. The Kier molecular flexibility index (Phi) is 7.26. The number of halogens is 1. The number of aromatic nitrogens is 2. The van der Waals surface area contributed by atoms with Crippen LogP contribution in [-0.2, 0) is 24.9 Å². The van der Waals surface area contributed by atoms with Crippen LogP contribution in [0, 0.1) is 6.92 Å². The number of rotatable bonds is 9. The molecule has 1 aromatic heterocycles. The van der Waals surface area contributed by atoms with Crippen molar-refractivity contribution >= 4 is 23.1 Å². The molecule has 1 aliphatic rings. The molecular weight excluding hydrogens is 460 g/mol. The van der Waals surface area contributed by atoms with Crippen molar-refractivity contribution in [2.75, 3.05) is 30.0 Å². The quantitative estimate of drug-likeness (QED) is 0.448. The van der Waals surface area contributed by atoms with E-state index < -0.39 is 17.6 Å². The summed E-state index contributed by atoms with van der Waals surface area (Å²) in [5.74, 6) is 1.02. The predicted molar refractivity (Wildman–Crippen MR) is 131 cm³/mol. The van der Waals surface area contributed by atoms with Gasteiger partial charge >= 0.3 is 5.69 Å². The molecule has 0 fully saturated rings. The van der Waals surface area contributed by atoms with Gasteiger partial charge in [-0.25, -0.2) is 4.79 Å². The molecule has 1 atom stereocenters. The minimum atomic E-state index is -0.715. The molecule has 10 heteroatoms. The number of aliphatic hydroxyl groups excluding tert-OH is 1. The van der Waals surface area contributed by atoms with E-state index in [-0.39, 0.29) is 26.4 Å². The Bertz CT molecular complexity index is 1270. The highest BCUT2D eigenvalue weighted by molar-refractivity contribution is 6.30. The zero-order valence-corrected chi connectivity index (χ0v) is 19.8. The lowest BCUT2D eigenvalue weighted by molar-refractivity contribution is 0.0858. The molecule has 9 nitrogen and oxygen atoms in total. The van der Waals surface area contributed by atoms with Crippen LogP contribution < -0.4 is 26.2 Å². The van der Waals surface area contributed by atoms with Crippen molar-refractivity contribution in [3.63, 3.8) is 0 Å². The van der Waals surface area contributed by atoms with Gasteiger partial charge in [0.25, 0.3) is 11.9 Å². The van der Waals surface area contributed by atoms with Gasteiger partial charge in [0, 0.05) is 18.6 Å². The smallest absolute Gasteiger partial charge is 0.332 e. The van der Waals surface area contributed by atoms with Crippen LogP contribution in [0.3, 0.4) is 0 Å². The van der Waals surface area contributed by atoms with Gasteiger partial charge in [0.05, 0.1) is 26.4 Å². The molecule has 0 aliphatic carbocycles. The average Bonchev–Trinajstić information content (AvgIpc) is 3.16. The minimum Gasteiger partial charge on any atom is -0.452 e. The number of nitrogens with one attached hydrogen (secondary N) is 1. The van der Waals surface area contributed by atoms with E-state index in [2.05, 4.69) is 5.32 Å². The van der Waals surface area contributed by atoms with Crippen molar-refractivity contribution < 1.29 is 14.6 Å². The normalized spacial score (nSPS) is 14.7. The molecular formula is C24H27ClN4O5. The number of aliphatic hydroxyl groups is 1. The van der Waals surface area contributed by atoms with Gasteiger partial charge in [-0.1, -0.05) is 35.9 Å². The molecule has 2 aromatic carbocycles. The maximum absolute atomic E-state index is 13.5. The van der Waals surface area contributed by atoms with Crippen LogP contribution in [0.4, 0.5) is 11.5 Å². The molecule has 2 heterocycles. The Labute approximate surface area is 201 Å². The summed E-state index contributed by atoms with van der Waals surface area (Å²) in [6.07, 6.45) is -0.715. The maximum Gasteiger partial charge on any atom is 0.332 e. The first-order chi connectivity index (χ1) is 16.4. The van der Waals surface area contributed by atoms with Crippen LogP contribution in [0.1, 0.15) is 11.1 Å². The summed E-state index contributed by atoms with van der Waals surface area (Å²) in [6, 6.07) is 14.9. The third-order valence-corrected chi connectivity index (χ3v) is 5.81. The lowest BCUT2D eigenvalue weighted by Crippen LogP contribution is -2.44. The number of fused-ring (bicyclic) bond motifs is 1. The van der Waals surface area contributed by atoms with Crippen molar-refractivity contribution in [3.8, 4) is 5.75 Å². The van der Waals surface area contributed by atoms with Crippen LogP contribution in [0.15, 0.2) is 58.1 Å². The highest BCUT2D eigenvalue weighted by Crippen LogP contribution is 2.33. The summed E-state index contributed by atoms with van der Waals surface area (Å²) in [5.41, 5.74) is 1.38. The summed E-state index contributed by atoms with van der Waals surface area (Å²) in [4.78, 5) is 28.2. The first-order valence-electron chi connectivity index (χ1n) is 10.9. The maximum atomic E-state index is 13.5. The molecule has 0 saturated carbocycles. The number of hydrogen-bond acceptors (Lipinski definition) is 7. The van der Waals surface area contributed by atoms with Gasteiger partial charge in [-0.05, 0) is 42.3 Å². The van der Waals surface area contributed by atoms with Crippen molar-refractivity contribution in [1.82, 2.24) is 9.13 Å². The molecule has 3 aromatic rings. The van der Waals surface area contributed by atoms with Crippen LogP contribution >= 0.6 is 11.6 Å². The number of nitrogens with zero attached hydrogens (tertiary/aromatic N) is 3.